The molecule has 5 rings (SSSR count). The van der Waals surface area contributed by atoms with Crippen LogP contribution < -0.4 is 30.2 Å². The van der Waals surface area contributed by atoms with E-state index < -0.39 is 67.8 Å². The number of halogens is 1. The molecule has 0 radical (unpaired) electrons. The zero-order valence-electron chi connectivity index (χ0n) is 32.9. The number of methoxy groups -OCH3 is 3. The van der Waals surface area contributed by atoms with Crippen LogP contribution in [0.4, 0.5) is 4.79 Å². The summed E-state index contributed by atoms with van der Waals surface area (Å²) in [7, 11) is 1.36. The second-order valence-electron chi connectivity index (χ2n) is 15.5. The quantitative estimate of drug-likeness (QED) is 0.141. The fourth-order valence-corrected chi connectivity index (χ4v) is 7.29. The van der Waals surface area contributed by atoms with Crippen LogP contribution in [0.15, 0.2) is 59.1 Å². The summed E-state index contributed by atoms with van der Waals surface area (Å²) >= 11 is 3.46. The topological polar surface area (TPSA) is 180 Å². The lowest BCUT2D eigenvalue weighted by atomic mass is 9.99. The lowest BCUT2D eigenvalue weighted by Gasteiger charge is -2.41. The first-order chi connectivity index (χ1) is 25.6. The third-order valence-corrected chi connectivity index (χ3v) is 14.4. The van der Waals surface area contributed by atoms with Gasteiger partial charge in [0, 0.05) is 0 Å². The minimum absolute atomic E-state index is 0.0102. The number of hydrogen-bond donors (Lipinski definition) is 4. The molecule has 0 saturated carbocycles. The van der Waals surface area contributed by atoms with E-state index in [1.807, 2.05) is 33.9 Å². The SMILES string of the molecule is COC(=O)[C@H]1NC(=O)[C@@H](c2ccc(OC)c(Br)c2)NC(=O)[C@H](NC(=O)OC(C)(C)C)c2cc(O)c(OC)c(c2)Oc2ccc(cc2)[C@H]1O[Si](C)(C)C(C)(C)C. The molecule has 0 saturated heterocycles. The van der Waals surface area contributed by atoms with Crippen LogP contribution in [-0.4, -0.2) is 70.3 Å². The third kappa shape index (κ3) is 10.3. The van der Waals surface area contributed by atoms with Crippen LogP contribution in [0.3, 0.4) is 0 Å². The van der Waals surface area contributed by atoms with Gasteiger partial charge in [-0.2, -0.15) is 0 Å². The molecule has 16 heteroatoms. The summed E-state index contributed by atoms with van der Waals surface area (Å²) in [5, 5.41) is 18.9. The fraction of sp³-hybridized carbons (Fsp3) is 0.436. The number of carbonyl (C=O) groups excluding carboxylic acids is 4. The smallest absolute Gasteiger partial charge is 0.408 e. The van der Waals surface area contributed by atoms with E-state index in [1.54, 1.807) is 63.2 Å². The van der Waals surface area contributed by atoms with Crippen LogP contribution >= 0.6 is 15.9 Å². The lowest BCUT2D eigenvalue weighted by molar-refractivity contribution is -0.148. The van der Waals surface area contributed by atoms with Crippen molar-refractivity contribution in [2.45, 2.75) is 89.5 Å². The molecule has 0 fully saturated rings. The predicted molar refractivity (Wildman–Crippen MR) is 210 cm³/mol. The molecule has 4 N–H and O–H groups in total. The summed E-state index contributed by atoms with van der Waals surface area (Å²) in [5.41, 5.74) is -0.0684. The molecular weight excluding hydrogens is 794 g/mol. The van der Waals surface area contributed by atoms with Gasteiger partial charge in [-0.05, 0) is 108 Å². The Bertz CT molecular complexity index is 1910. The van der Waals surface area contributed by atoms with Crippen LogP contribution in [-0.2, 0) is 28.3 Å². The second kappa shape index (κ2) is 16.9. The van der Waals surface area contributed by atoms with E-state index in [-0.39, 0.29) is 27.7 Å². The van der Waals surface area contributed by atoms with Crippen LogP contribution in [0.5, 0.6) is 28.7 Å². The highest BCUT2D eigenvalue weighted by Crippen LogP contribution is 2.44. The van der Waals surface area contributed by atoms with Crippen LogP contribution in [0, 0.1) is 0 Å². The highest BCUT2D eigenvalue weighted by molar-refractivity contribution is 9.10. The van der Waals surface area contributed by atoms with Crippen LogP contribution in [0.2, 0.25) is 18.1 Å². The number of phenolic OH excluding ortho intramolecular Hbond substituents is 1. The molecule has 2 heterocycles. The van der Waals surface area contributed by atoms with E-state index in [1.165, 1.54) is 33.5 Å². The third-order valence-electron chi connectivity index (χ3n) is 9.30. The van der Waals surface area contributed by atoms with Gasteiger partial charge in [0.1, 0.15) is 35.3 Å². The summed E-state index contributed by atoms with van der Waals surface area (Å²) in [5.74, 6) is -2.16. The Balaban J connectivity index is 2.00. The van der Waals surface area contributed by atoms with E-state index in [9.17, 15) is 24.3 Å². The van der Waals surface area contributed by atoms with Gasteiger partial charge in [-0.3, -0.25) is 9.59 Å². The monoisotopic (exact) mass is 843 g/mol. The van der Waals surface area contributed by atoms with Gasteiger partial charge >= 0.3 is 12.1 Å². The van der Waals surface area contributed by atoms with Crippen molar-refractivity contribution in [2.24, 2.45) is 0 Å². The molecule has 298 valence electrons. The first-order valence-corrected chi connectivity index (χ1v) is 21.2. The van der Waals surface area contributed by atoms with Crippen molar-refractivity contribution in [3.05, 3.63) is 75.8 Å². The highest BCUT2D eigenvalue weighted by Gasteiger charge is 2.44. The summed E-state index contributed by atoms with van der Waals surface area (Å²) in [6.45, 7) is 15.1. The molecule has 2 aliphatic rings. The maximum absolute atomic E-state index is 14.6. The number of benzene rings is 3. The van der Waals surface area contributed by atoms with E-state index in [4.69, 9.17) is 28.1 Å². The molecule has 4 bridgehead atoms. The van der Waals surface area contributed by atoms with E-state index in [2.05, 4.69) is 31.9 Å². The molecule has 2 aliphatic heterocycles. The molecule has 55 heavy (non-hydrogen) atoms. The predicted octanol–water partition coefficient (Wildman–Crippen LogP) is 7.12. The number of phenols is 1. The summed E-state index contributed by atoms with van der Waals surface area (Å²) in [4.78, 5) is 56.1. The van der Waals surface area contributed by atoms with Gasteiger partial charge in [-0.15, -0.1) is 0 Å². The van der Waals surface area contributed by atoms with E-state index >= 15 is 0 Å². The van der Waals surface area contributed by atoms with Crippen molar-refractivity contribution in [3.8, 4) is 28.7 Å². The molecule has 0 aromatic heterocycles. The lowest BCUT2D eigenvalue weighted by Crippen LogP contribution is -2.54. The molecule has 0 aliphatic carbocycles. The average Bonchev–Trinajstić information content (AvgIpc) is 3.09. The maximum atomic E-state index is 14.6. The first kappa shape index (κ1) is 42.9. The molecule has 14 nitrogen and oxygen atoms in total. The average molecular weight is 845 g/mol. The normalized spacial score (nSPS) is 19.3. The van der Waals surface area contributed by atoms with Gasteiger partial charge in [-0.25, -0.2) is 9.59 Å². The van der Waals surface area contributed by atoms with E-state index in [0.29, 0.717) is 21.5 Å². The van der Waals surface area contributed by atoms with Gasteiger partial charge in [0.15, 0.2) is 25.9 Å². The fourth-order valence-electron chi connectivity index (χ4n) is 5.47. The number of rotatable bonds is 7. The Morgan fingerprint density at radius 1 is 0.855 bits per heavy atom. The van der Waals surface area contributed by atoms with Gasteiger partial charge in [0.2, 0.25) is 17.6 Å². The number of amides is 3. The number of carbonyl (C=O) groups is 4. The number of nitrogens with one attached hydrogen (secondary N) is 3. The first-order valence-electron chi connectivity index (χ1n) is 17.5. The Kier molecular flexibility index (Phi) is 13.2. The second-order valence-corrected chi connectivity index (χ2v) is 21.1. The van der Waals surface area contributed by atoms with Crippen molar-refractivity contribution in [1.29, 1.82) is 0 Å². The molecule has 0 spiro atoms. The van der Waals surface area contributed by atoms with E-state index in [0.717, 1.165) is 0 Å². The molecule has 3 aromatic carbocycles. The summed E-state index contributed by atoms with van der Waals surface area (Å²) in [6, 6.07) is 9.63. The molecule has 0 unspecified atom stereocenters. The Morgan fingerprint density at radius 3 is 2.04 bits per heavy atom. The standard InChI is InChI=1S/C39H50BrN3O11Si/c1-38(2,3)53-37(48)43-30-23-19-26(44)33(50-8)28(20-23)52-24-15-12-21(13-16-24)32(54-55(10,11)39(4,5)6)31(36(47)51-9)42-34(45)29(41-35(30)46)22-14-17-27(49-7)25(40)18-22/h12-20,29-32,44H,1-11H3,(H,41,46)(H,42,45)(H,43,48)/t29-,30-,31+,32-/m1/s1. The number of esters is 1. The highest BCUT2D eigenvalue weighted by atomic mass is 79.9. The van der Waals surface area contributed by atoms with Crippen molar-refractivity contribution in [1.82, 2.24) is 16.0 Å². The maximum Gasteiger partial charge on any atom is 0.408 e. The largest absolute Gasteiger partial charge is 0.504 e. The molecule has 4 atom stereocenters. The van der Waals surface area contributed by atoms with Crippen molar-refractivity contribution < 1.29 is 52.4 Å². The molecule has 3 aromatic rings. The number of ether oxygens (including phenoxy) is 5. The number of fused-ring (bicyclic) bond motifs is 9. The summed E-state index contributed by atoms with van der Waals surface area (Å²) in [6.07, 6.45) is -2.01. The van der Waals surface area contributed by atoms with Gasteiger partial charge in [0.25, 0.3) is 0 Å². The molecule has 3 amide bonds. The van der Waals surface area contributed by atoms with Crippen LogP contribution in [0.25, 0.3) is 0 Å². The van der Waals surface area contributed by atoms with Crippen LogP contribution in [0.1, 0.15) is 76.4 Å². The van der Waals surface area contributed by atoms with Gasteiger partial charge in [-0.1, -0.05) is 39.0 Å². The zero-order chi connectivity index (χ0) is 41.0. The molecular formula is C39H50BrN3O11Si. The van der Waals surface area contributed by atoms with Gasteiger partial charge < -0.3 is 49.2 Å². The zero-order valence-corrected chi connectivity index (χ0v) is 35.5. The number of alkyl carbamates (subject to hydrolysis) is 1. The summed E-state index contributed by atoms with van der Waals surface area (Å²) < 4.78 is 35.1. The number of hydrogen-bond acceptors (Lipinski definition) is 11. The van der Waals surface area contributed by atoms with Gasteiger partial charge in [0.05, 0.1) is 25.8 Å². The van der Waals surface area contributed by atoms with Crippen molar-refractivity contribution >= 4 is 48.1 Å². The number of aromatic hydroxyl groups is 1. The van der Waals surface area contributed by atoms with Crippen molar-refractivity contribution in [2.75, 3.05) is 21.3 Å². The Morgan fingerprint density at radius 2 is 1.49 bits per heavy atom. The minimum atomic E-state index is -2.66. The van der Waals surface area contributed by atoms with Crippen molar-refractivity contribution in [3.63, 3.8) is 0 Å². The minimum Gasteiger partial charge on any atom is -0.504 e. The Hall–Kier alpha value is -4.80. The Labute approximate surface area is 330 Å².